The third kappa shape index (κ3) is 2.44. The first-order valence-corrected chi connectivity index (χ1v) is 6.66. The third-order valence-electron chi connectivity index (χ3n) is 3.65. The minimum absolute atomic E-state index is 0.390. The maximum Gasteiger partial charge on any atom is 0.249 e. The van der Waals surface area contributed by atoms with E-state index in [2.05, 4.69) is 10.3 Å². The number of nitrogens with two attached hydrogens (primary N) is 1. The van der Waals surface area contributed by atoms with Crippen molar-refractivity contribution >= 4 is 16.8 Å². The smallest absolute Gasteiger partial charge is 0.249 e. The molecule has 1 aliphatic heterocycles. The predicted octanol–water partition coefficient (Wildman–Crippen LogP) is 1.63. The molecule has 0 spiro atoms. The Morgan fingerprint density at radius 1 is 1.42 bits per heavy atom. The van der Waals surface area contributed by atoms with Crippen molar-refractivity contribution in [3.05, 3.63) is 41.6 Å². The molecule has 4 nitrogen and oxygen atoms in total. The first-order valence-electron chi connectivity index (χ1n) is 6.66. The van der Waals surface area contributed by atoms with Crippen LogP contribution in [0.4, 0.5) is 0 Å². The van der Waals surface area contributed by atoms with Gasteiger partial charge in [-0.15, -0.1) is 0 Å². The van der Waals surface area contributed by atoms with Gasteiger partial charge in [0.1, 0.15) is 0 Å². The van der Waals surface area contributed by atoms with Crippen LogP contribution in [0.3, 0.4) is 0 Å². The van der Waals surface area contributed by atoms with Crippen molar-refractivity contribution in [2.24, 2.45) is 5.73 Å². The highest BCUT2D eigenvalue weighted by Crippen LogP contribution is 2.20. The molecule has 19 heavy (non-hydrogen) atoms. The van der Waals surface area contributed by atoms with Crippen molar-refractivity contribution in [1.82, 2.24) is 10.3 Å². The highest BCUT2D eigenvalue weighted by Gasteiger charge is 2.17. The second-order valence-electron chi connectivity index (χ2n) is 5.04. The monoisotopic (exact) mass is 255 g/mol. The summed E-state index contributed by atoms with van der Waals surface area (Å²) in [5.41, 5.74) is 7.82. The number of amides is 1. The van der Waals surface area contributed by atoms with E-state index in [4.69, 9.17) is 5.73 Å². The molecule has 98 valence electrons. The Balaban J connectivity index is 2.02. The fraction of sp³-hybridized carbons (Fsp3) is 0.333. The van der Waals surface area contributed by atoms with E-state index in [1.54, 1.807) is 0 Å². The van der Waals surface area contributed by atoms with Gasteiger partial charge in [-0.25, -0.2) is 0 Å². The minimum atomic E-state index is -0.390. The average molecular weight is 255 g/mol. The van der Waals surface area contributed by atoms with E-state index < -0.39 is 0 Å². The van der Waals surface area contributed by atoms with Gasteiger partial charge in [0.25, 0.3) is 0 Å². The van der Waals surface area contributed by atoms with Gasteiger partial charge in [0.2, 0.25) is 5.91 Å². The molecule has 1 atom stereocenters. The standard InChI is InChI=1S/C15H17N3O/c16-15(19)13-9-11(8-10-4-3-7-17-10)18-14-6-2-1-5-12(13)14/h1-2,5-6,9-10,17H,3-4,7-8H2,(H2,16,19)/t10-/m0/s1. The Bertz CT molecular complexity index is 618. The zero-order valence-corrected chi connectivity index (χ0v) is 10.7. The number of carbonyl (C=O) groups excluding carboxylic acids is 1. The highest BCUT2D eigenvalue weighted by molar-refractivity contribution is 6.05. The van der Waals surface area contributed by atoms with Crippen molar-refractivity contribution in [1.29, 1.82) is 0 Å². The summed E-state index contributed by atoms with van der Waals surface area (Å²) in [6, 6.07) is 9.94. The summed E-state index contributed by atoms with van der Waals surface area (Å²) in [5, 5.41) is 4.28. The number of nitrogens with one attached hydrogen (secondary N) is 1. The molecule has 3 rings (SSSR count). The summed E-state index contributed by atoms with van der Waals surface area (Å²) < 4.78 is 0. The molecule has 1 aromatic heterocycles. The van der Waals surface area contributed by atoms with Crippen LogP contribution in [0.1, 0.15) is 28.9 Å². The van der Waals surface area contributed by atoms with E-state index in [0.29, 0.717) is 11.6 Å². The lowest BCUT2D eigenvalue weighted by molar-refractivity contribution is 0.100. The van der Waals surface area contributed by atoms with E-state index in [9.17, 15) is 4.79 Å². The molecule has 0 unspecified atom stereocenters. The van der Waals surface area contributed by atoms with Gasteiger partial charge in [0, 0.05) is 23.5 Å². The Morgan fingerprint density at radius 2 is 2.26 bits per heavy atom. The van der Waals surface area contributed by atoms with Gasteiger partial charge in [-0.05, 0) is 31.5 Å². The quantitative estimate of drug-likeness (QED) is 0.876. The molecular weight excluding hydrogens is 238 g/mol. The molecular formula is C15H17N3O. The second-order valence-corrected chi connectivity index (χ2v) is 5.04. The molecule has 1 fully saturated rings. The van der Waals surface area contributed by atoms with Crippen molar-refractivity contribution < 1.29 is 4.79 Å². The molecule has 1 aliphatic rings. The number of primary amides is 1. The fourth-order valence-corrected chi connectivity index (χ4v) is 2.72. The highest BCUT2D eigenvalue weighted by atomic mass is 16.1. The van der Waals surface area contributed by atoms with Gasteiger partial charge in [-0.2, -0.15) is 0 Å². The molecule has 4 heteroatoms. The van der Waals surface area contributed by atoms with Gasteiger partial charge in [0.15, 0.2) is 0 Å². The lowest BCUT2D eigenvalue weighted by Crippen LogP contribution is -2.24. The maximum atomic E-state index is 11.6. The van der Waals surface area contributed by atoms with Crippen LogP contribution in [0.5, 0.6) is 0 Å². The number of rotatable bonds is 3. The van der Waals surface area contributed by atoms with Gasteiger partial charge in [-0.1, -0.05) is 18.2 Å². The number of para-hydroxylation sites is 1. The van der Waals surface area contributed by atoms with Gasteiger partial charge in [-0.3, -0.25) is 9.78 Å². The summed E-state index contributed by atoms with van der Waals surface area (Å²) in [6.45, 7) is 1.07. The Hall–Kier alpha value is -1.94. The summed E-state index contributed by atoms with van der Waals surface area (Å²) in [6.07, 6.45) is 3.23. The Kier molecular flexibility index (Phi) is 3.17. The number of fused-ring (bicyclic) bond motifs is 1. The molecule has 3 N–H and O–H groups in total. The lowest BCUT2D eigenvalue weighted by Gasteiger charge is -2.11. The molecule has 0 saturated carbocycles. The number of aromatic nitrogens is 1. The van der Waals surface area contributed by atoms with Crippen LogP contribution >= 0.6 is 0 Å². The first-order chi connectivity index (χ1) is 9.24. The van der Waals surface area contributed by atoms with Gasteiger partial charge in [0.05, 0.1) is 11.1 Å². The van der Waals surface area contributed by atoms with Crippen LogP contribution < -0.4 is 11.1 Å². The average Bonchev–Trinajstić information content (AvgIpc) is 2.90. The topological polar surface area (TPSA) is 68.0 Å². The van der Waals surface area contributed by atoms with Gasteiger partial charge < -0.3 is 11.1 Å². The summed E-state index contributed by atoms with van der Waals surface area (Å²) in [5.74, 6) is -0.390. The Morgan fingerprint density at radius 3 is 3.00 bits per heavy atom. The summed E-state index contributed by atoms with van der Waals surface area (Å²) >= 11 is 0. The number of carbonyl (C=O) groups is 1. The minimum Gasteiger partial charge on any atom is -0.366 e. The predicted molar refractivity (Wildman–Crippen MR) is 75.0 cm³/mol. The molecule has 0 aliphatic carbocycles. The number of pyridine rings is 1. The number of nitrogens with zero attached hydrogens (tertiary/aromatic N) is 1. The first kappa shape index (κ1) is 12.1. The summed E-state index contributed by atoms with van der Waals surface area (Å²) in [7, 11) is 0. The van der Waals surface area contributed by atoms with E-state index in [-0.39, 0.29) is 5.91 Å². The SMILES string of the molecule is NC(=O)c1cc(C[C@@H]2CCCN2)nc2ccccc12. The van der Waals surface area contributed by atoms with Crippen LogP contribution in [0.15, 0.2) is 30.3 Å². The number of benzene rings is 1. The van der Waals surface area contributed by atoms with Crippen molar-refractivity contribution in [3.63, 3.8) is 0 Å². The van der Waals surface area contributed by atoms with Crippen molar-refractivity contribution in [2.45, 2.75) is 25.3 Å². The summed E-state index contributed by atoms with van der Waals surface area (Å²) in [4.78, 5) is 16.2. The number of hydrogen-bond acceptors (Lipinski definition) is 3. The molecule has 0 bridgehead atoms. The van der Waals surface area contributed by atoms with Crippen LogP contribution in [-0.2, 0) is 6.42 Å². The molecule has 1 saturated heterocycles. The van der Waals surface area contributed by atoms with Crippen LogP contribution in [0.2, 0.25) is 0 Å². The zero-order chi connectivity index (χ0) is 13.2. The third-order valence-corrected chi connectivity index (χ3v) is 3.65. The lowest BCUT2D eigenvalue weighted by atomic mass is 10.0. The largest absolute Gasteiger partial charge is 0.366 e. The maximum absolute atomic E-state index is 11.6. The molecule has 2 aromatic rings. The van der Waals surface area contributed by atoms with Gasteiger partial charge >= 0.3 is 0 Å². The zero-order valence-electron chi connectivity index (χ0n) is 10.7. The Labute approximate surface area is 112 Å². The van der Waals surface area contributed by atoms with Crippen LogP contribution in [-0.4, -0.2) is 23.5 Å². The molecule has 0 radical (unpaired) electrons. The fourth-order valence-electron chi connectivity index (χ4n) is 2.72. The van der Waals surface area contributed by atoms with E-state index in [1.165, 1.54) is 12.8 Å². The normalized spacial score (nSPS) is 18.8. The van der Waals surface area contributed by atoms with E-state index >= 15 is 0 Å². The van der Waals surface area contributed by atoms with Crippen molar-refractivity contribution in [3.8, 4) is 0 Å². The van der Waals surface area contributed by atoms with E-state index in [1.807, 2.05) is 30.3 Å². The van der Waals surface area contributed by atoms with Crippen LogP contribution in [0, 0.1) is 0 Å². The van der Waals surface area contributed by atoms with Crippen molar-refractivity contribution in [2.75, 3.05) is 6.54 Å². The van der Waals surface area contributed by atoms with E-state index in [0.717, 1.165) is 29.6 Å². The molecule has 1 aromatic carbocycles. The second kappa shape index (κ2) is 4.97. The van der Waals surface area contributed by atoms with Crippen LogP contribution in [0.25, 0.3) is 10.9 Å². The number of hydrogen-bond donors (Lipinski definition) is 2. The molecule has 1 amide bonds. The molecule has 2 heterocycles.